The molecular formula is C25H20N2O. The quantitative estimate of drug-likeness (QED) is 0.375. The first kappa shape index (κ1) is 17.6. The SMILES string of the molecule is Nc1ccc(-c2ccc(N)cc2C(=O)c2ccc(-c3ccccc3)cc2)cc1. The van der Waals surface area contributed by atoms with Crippen molar-refractivity contribution in [3.63, 3.8) is 0 Å². The van der Waals surface area contributed by atoms with E-state index in [0.29, 0.717) is 22.5 Å². The minimum absolute atomic E-state index is 0.0567. The van der Waals surface area contributed by atoms with Crippen molar-refractivity contribution in [1.29, 1.82) is 0 Å². The Morgan fingerprint density at radius 3 is 1.82 bits per heavy atom. The van der Waals surface area contributed by atoms with Crippen molar-refractivity contribution in [2.75, 3.05) is 11.5 Å². The highest BCUT2D eigenvalue weighted by Crippen LogP contribution is 2.29. The molecule has 0 unspecified atom stereocenters. The lowest BCUT2D eigenvalue weighted by Gasteiger charge is -2.11. The number of rotatable bonds is 4. The Labute approximate surface area is 164 Å². The minimum atomic E-state index is -0.0567. The Morgan fingerprint density at radius 2 is 1.14 bits per heavy atom. The van der Waals surface area contributed by atoms with Crippen molar-refractivity contribution >= 4 is 17.2 Å². The number of benzene rings is 4. The summed E-state index contributed by atoms with van der Waals surface area (Å²) in [6.45, 7) is 0. The summed E-state index contributed by atoms with van der Waals surface area (Å²) >= 11 is 0. The first-order chi connectivity index (χ1) is 13.6. The second-order valence-electron chi connectivity index (χ2n) is 6.70. The van der Waals surface area contributed by atoms with Crippen LogP contribution in [0.3, 0.4) is 0 Å². The molecule has 136 valence electrons. The number of hydrogen-bond acceptors (Lipinski definition) is 3. The van der Waals surface area contributed by atoms with E-state index >= 15 is 0 Å². The summed E-state index contributed by atoms with van der Waals surface area (Å²) in [5.74, 6) is -0.0567. The number of carbonyl (C=O) groups excluding carboxylic acids is 1. The average Bonchev–Trinajstić information content (AvgIpc) is 2.75. The van der Waals surface area contributed by atoms with Crippen molar-refractivity contribution in [1.82, 2.24) is 0 Å². The first-order valence-electron chi connectivity index (χ1n) is 9.07. The summed E-state index contributed by atoms with van der Waals surface area (Å²) in [6.07, 6.45) is 0. The molecule has 0 radical (unpaired) electrons. The summed E-state index contributed by atoms with van der Waals surface area (Å²) in [4.78, 5) is 13.2. The first-order valence-corrected chi connectivity index (χ1v) is 9.07. The number of anilines is 2. The Hall–Kier alpha value is -3.85. The molecule has 0 bridgehead atoms. The third-order valence-electron chi connectivity index (χ3n) is 4.76. The highest BCUT2D eigenvalue weighted by Gasteiger charge is 2.15. The fourth-order valence-corrected chi connectivity index (χ4v) is 3.26. The van der Waals surface area contributed by atoms with Gasteiger partial charge < -0.3 is 11.5 Å². The molecule has 0 aromatic heterocycles. The van der Waals surface area contributed by atoms with Crippen molar-refractivity contribution in [3.05, 3.63) is 108 Å². The van der Waals surface area contributed by atoms with Gasteiger partial charge in [-0.3, -0.25) is 4.79 Å². The van der Waals surface area contributed by atoms with E-state index in [0.717, 1.165) is 22.3 Å². The topological polar surface area (TPSA) is 69.1 Å². The van der Waals surface area contributed by atoms with Gasteiger partial charge >= 0.3 is 0 Å². The van der Waals surface area contributed by atoms with Crippen molar-refractivity contribution < 1.29 is 4.79 Å². The van der Waals surface area contributed by atoms with Gasteiger partial charge in [-0.05, 0) is 46.5 Å². The van der Waals surface area contributed by atoms with Gasteiger partial charge in [-0.2, -0.15) is 0 Å². The molecular weight excluding hydrogens is 344 g/mol. The number of hydrogen-bond donors (Lipinski definition) is 2. The molecule has 3 nitrogen and oxygen atoms in total. The highest BCUT2D eigenvalue weighted by molar-refractivity contribution is 6.13. The van der Waals surface area contributed by atoms with Crippen LogP contribution < -0.4 is 11.5 Å². The molecule has 4 rings (SSSR count). The van der Waals surface area contributed by atoms with Crippen LogP contribution >= 0.6 is 0 Å². The minimum Gasteiger partial charge on any atom is -0.399 e. The third-order valence-corrected chi connectivity index (χ3v) is 4.76. The van der Waals surface area contributed by atoms with E-state index in [2.05, 4.69) is 0 Å². The molecule has 0 aliphatic carbocycles. The molecule has 28 heavy (non-hydrogen) atoms. The van der Waals surface area contributed by atoms with E-state index in [1.54, 1.807) is 12.1 Å². The Kier molecular flexibility index (Phi) is 4.65. The maximum absolute atomic E-state index is 13.2. The molecule has 4 aromatic carbocycles. The second kappa shape index (κ2) is 7.41. The molecule has 0 aliphatic heterocycles. The van der Waals surface area contributed by atoms with Crippen LogP contribution in [0.15, 0.2) is 97.1 Å². The maximum atomic E-state index is 13.2. The molecule has 0 fully saturated rings. The van der Waals surface area contributed by atoms with E-state index in [1.165, 1.54) is 0 Å². The molecule has 0 spiro atoms. The number of ketones is 1. The second-order valence-corrected chi connectivity index (χ2v) is 6.70. The van der Waals surface area contributed by atoms with Gasteiger partial charge in [0.25, 0.3) is 0 Å². The predicted octanol–water partition coefficient (Wildman–Crippen LogP) is 5.42. The molecule has 0 amide bonds. The largest absolute Gasteiger partial charge is 0.399 e. The van der Waals surface area contributed by atoms with E-state index in [-0.39, 0.29) is 5.78 Å². The summed E-state index contributed by atoms with van der Waals surface area (Å²) < 4.78 is 0. The Bertz CT molecular complexity index is 1120. The van der Waals surface area contributed by atoms with Gasteiger partial charge in [0.15, 0.2) is 5.78 Å². The summed E-state index contributed by atoms with van der Waals surface area (Å²) in [5.41, 5.74) is 18.2. The van der Waals surface area contributed by atoms with Crippen molar-refractivity contribution in [2.24, 2.45) is 0 Å². The smallest absolute Gasteiger partial charge is 0.193 e. The normalized spacial score (nSPS) is 10.6. The van der Waals surface area contributed by atoms with Crippen LogP contribution in [0.1, 0.15) is 15.9 Å². The zero-order valence-corrected chi connectivity index (χ0v) is 15.3. The standard InChI is InChI=1S/C25H20N2O/c26-21-12-10-19(11-13-21)23-15-14-22(27)16-24(23)25(28)20-8-6-18(7-9-20)17-4-2-1-3-5-17/h1-16H,26-27H2. The summed E-state index contributed by atoms with van der Waals surface area (Å²) in [5, 5.41) is 0. The molecule has 3 heteroatoms. The van der Waals surface area contributed by atoms with Gasteiger partial charge in [0.2, 0.25) is 0 Å². The van der Waals surface area contributed by atoms with Crippen LogP contribution in [0.4, 0.5) is 11.4 Å². The van der Waals surface area contributed by atoms with Crippen LogP contribution in [0.25, 0.3) is 22.3 Å². The molecule has 0 saturated carbocycles. The molecule has 0 aliphatic rings. The average molecular weight is 364 g/mol. The predicted molar refractivity (Wildman–Crippen MR) is 116 cm³/mol. The third kappa shape index (κ3) is 3.51. The van der Waals surface area contributed by atoms with Gasteiger partial charge in [0, 0.05) is 22.5 Å². The van der Waals surface area contributed by atoms with Crippen molar-refractivity contribution in [3.8, 4) is 22.3 Å². The lowest BCUT2D eigenvalue weighted by atomic mass is 9.92. The number of nitrogen functional groups attached to an aromatic ring is 2. The zero-order valence-electron chi connectivity index (χ0n) is 15.3. The van der Waals surface area contributed by atoms with Crippen LogP contribution in [0.2, 0.25) is 0 Å². The monoisotopic (exact) mass is 364 g/mol. The lowest BCUT2D eigenvalue weighted by molar-refractivity contribution is 0.103. The van der Waals surface area contributed by atoms with Gasteiger partial charge in [-0.25, -0.2) is 0 Å². The van der Waals surface area contributed by atoms with Gasteiger partial charge in [-0.15, -0.1) is 0 Å². The van der Waals surface area contributed by atoms with Crippen LogP contribution in [0, 0.1) is 0 Å². The molecule has 4 N–H and O–H groups in total. The Morgan fingerprint density at radius 1 is 0.571 bits per heavy atom. The van der Waals surface area contributed by atoms with Crippen LogP contribution in [-0.4, -0.2) is 5.78 Å². The molecule has 0 heterocycles. The maximum Gasteiger partial charge on any atom is 0.193 e. The lowest BCUT2D eigenvalue weighted by Crippen LogP contribution is -2.05. The summed E-state index contributed by atoms with van der Waals surface area (Å²) in [6, 6.07) is 30.7. The van der Waals surface area contributed by atoms with E-state index < -0.39 is 0 Å². The number of carbonyl (C=O) groups is 1. The molecule has 0 atom stereocenters. The zero-order chi connectivity index (χ0) is 19.5. The van der Waals surface area contributed by atoms with E-state index in [4.69, 9.17) is 11.5 Å². The van der Waals surface area contributed by atoms with Crippen LogP contribution in [0.5, 0.6) is 0 Å². The Balaban J connectivity index is 1.72. The van der Waals surface area contributed by atoms with Gasteiger partial charge in [0.05, 0.1) is 0 Å². The molecule has 4 aromatic rings. The summed E-state index contributed by atoms with van der Waals surface area (Å²) in [7, 11) is 0. The van der Waals surface area contributed by atoms with E-state index in [9.17, 15) is 4.79 Å². The highest BCUT2D eigenvalue weighted by atomic mass is 16.1. The van der Waals surface area contributed by atoms with Gasteiger partial charge in [-0.1, -0.05) is 72.8 Å². The van der Waals surface area contributed by atoms with Crippen molar-refractivity contribution in [2.45, 2.75) is 0 Å². The molecule has 0 saturated heterocycles. The van der Waals surface area contributed by atoms with Crippen LogP contribution in [-0.2, 0) is 0 Å². The fourth-order valence-electron chi connectivity index (χ4n) is 3.26. The number of nitrogens with two attached hydrogens (primary N) is 2. The van der Waals surface area contributed by atoms with Gasteiger partial charge in [0.1, 0.15) is 0 Å². The fraction of sp³-hybridized carbons (Fsp3) is 0. The van der Waals surface area contributed by atoms with E-state index in [1.807, 2.05) is 84.9 Å².